The number of halogens is 2. The topological polar surface area (TPSA) is 53.4 Å². The summed E-state index contributed by atoms with van der Waals surface area (Å²) in [7, 11) is 1.91. The van der Waals surface area contributed by atoms with E-state index in [0.717, 1.165) is 34.6 Å². The van der Waals surface area contributed by atoms with Crippen molar-refractivity contribution in [1.29, 1.82) is 0 Å². The minimum atomic E-state index is -0.394. The largest absolute Gasteiger partial charge is 0.357 e. The van der Waals surface area contributed by atoms with E-state index in [1.807, 2.05) is 22.7 Å². The predicted octanol–water partition coefficient (Wildman–Crippen LogP) is 2.78. The van der Waals surface area contributed by atoms with E-state index in [4.69, 9.17) is 5.10 Å². The van der Waals surface area contributed by atoms with Crippen LogP contribution in [0.2, 0.25) is 0 Å². The van der Waals surface area contributed by atoms with Crippen molar-refractivity contribution in [2.75, 3.05) is 33.4 Å². The van der Waals surface area contributed by atoms with Gasteiger partial charge in [0.1, 0.15) is 24.0 Å². The number of allylic oxidation sites excluding steroid dienone is 2. The quantitative estimate of drug-likeness (QED) is 0.819. The second-order valence-corrected chi connectivity index (χ2v) is 7.62. The fourth-order valence-electron chi connectivity index (χ4n) is 3.93. The summed E-state index contributed by atoms with van der Waals surface area (Å²) in [6.45, 7) is 4.08. The zero-order valence-electron chi connectivity index (χ0n) is 17.2. The Labute approximate surface area is 174 Å². The van der Waals surface area contributed by atoms with E-state index >= 15 is 0 Å². The zero-order valence-corrected chi connectivity index (χ0v) is 17.2. The maximum Gasteiger partial charge on any atom is 0.222 e. The van der Waals surface area contributed by atoms with E-state index in [1.165, 1.54) is 19.1 Å². The van der Waals surface area contributed by atoms with Gasteiger partial charge in [0.05, 0.1) is 12.2 Å². The number of alkyl halides is 1. The van der Waals surface area contributed by atoms with Gasteiger partial charge >= 0.3 is 0 Å². The van der Waals surface area contributed by atoms with Gasteiger partial charge in [-0.25, -0.2) is 8.78 Å². The number of carbonyl (C=O) groups excluding carboxylic acids is 1. The average molecular weight is 413 g/mol. The van der Waals surface area contributed by atoms with E-state index in [2.05, 4.69) is 16.3 Å². The molecule has 1 N–H and O–H groups in total. The lowest BCUT2D eigenvalue weighted by atomic mass is 9.96. The number of nitrogens with zero attached hydrogens (tertiary/aromatic N) is 4. The van der Waals surface area contributed by atoms with E-state index in [1.54, 1.807) is 12.1 Å². The minimum absolute atomic E-state index is 0.140. The minimum Gasteiger partial charge on any atom is -0.357 e. The third kappa shape index (κ3) is 4.00. The molecule has 0 atom stereocenters. The third-order valence-corrected chi connectivity index (χ3v) is 5.46. The Kier molecular flexibility index (Phi) is 5.67. The Hall–Kier alpha value is -3.00. The van der Waals surface area contributed by atoms with Gasteiger partial charge in [-0.1, -0.05) is 6.08 Å². The van der Waals surface area contributed by atoms with Gasteiger partial charge in [-0.2, -0.15) is 5.10 Å². The summed E-state index contributed by atoms with van der Waals surface area (Å²) in [5.41, 5.74) is 4.48. The first-order valence-electron chi connectivity index (χ1n) is 10.0. The number of amides is 1. The highest BCUT2D eigenvalue weighted by molar-refractivity contribution is 5.87. The maximum atomic E-state index is 13.5. The van der Waals surface area contributed by atoms with Crippen molar-refractivity contribution in [3.05, 3.63) is 59.3 Å². The fraction of sp³-hybridized carbons (Fsp3) is 0.364. The Morgan fingerprint density at radius 1 is 1.23 bits per heavy atom. The molecular weight excluding hydrogens is 388 g/mol. The number of likely N-dealkylation sites (N-methyl/N-ethyl adjacent to an activating group) is 1. The van der Waals surface area contributed by atoms with Crippen molar-refractivity contribution in [2.45, 2.75) is 20.0 Å². The third-order valence-electron chi connectivity index (χ3n) is 5.46. The highest BCUT2D eigenvalue weighted by atomic mass is 19.1. The second-order valence-electron chi connectivity index (χ2n) is 7.62. The van der Waals surface area contributed by atoms with Gasteiger partial charge < -0.3 is 10.2 Å². The smallest absolute Gasteiger partial charge is 0.222 e. The Bertz CT molecular complexity index is 1010. The van der Waals surface area contributed by atoms with Crippen LogP contribution < -0.4 is 5.32 Å². The molecule has 0 fully saturated rings. The van der Waals surface area contributed by atoms with Crippen molar-refractivity contribution in [3.8, 4) is 11.3 Å². The molecule has 4 rings (SSSR count). The van der Waals surface area contributed by atoms with Crippen molar-refractivity contribution in [1.82, 2.24) is 24.9 Å². The molecule has 2 aliphatic heterocycles. The van der Waals surface area contributed by atoms with Crippen LogP contribution in [0.1, 0.15) is 18.2 Å². The summed E-state index contributed by atoms with van der Waals surface area (Å²) in [4.78, 5) is 15.7. The molecule has 0 spiro atoms. The van der Waals surface area contributed by atoms with Crippen molar-refractivity contribution in [2.24, 2.45) is 0 Å². The summed E-state index contributed by atoms with van der Waals surface area (Å²) >= 11 is 0. The molecule has 1 aromatic heterocycles. The molecule has 0 aliphatic carbocycles. The van der Waals surface area contributed by atoms with Gasteiger partial charge in [-0.05, 0) is 35.9 Å². The van der Waals surface area contributed by atoms with Gasteiger partial charge in [0, 0.05) is 51.3 Å². The molecule has 0 saturated carbocycles. The maximum absolute atomic E-state index is 13.5. The molecule has 3 heterocycles. The molecule has 8 heteroatoms. The van der Waals surface area contributed by atoms with Crippen LogP contribution in [0.3, 0.4) is 0 Å². The first kappa shape index (κ1) is 20.3. The van der Waals surface area contributed by atoms with Crippen LogP contribution in [0.25, 0.3) is 16.8 Å². The molecule has 0 bridgehead atoms. The second kappa shape index (κ2) is 8.39. The normalized spacial score (nSPS) is 16.7. The summed E-state index contributed by atoms with van der Waals surface area (Å²) in [5.74, 6) is 0.269. The Morgan fingerprint density at radius 2 is 2.00 bits per heavy atom. The van der Waals surface area contributed by atoms with E-state index in [0.29, 0.717) is 32.0 Å². The molecule has 1 amide bonds. The first-order chi connectivity index (χ1) is 14.5. The van der Waals surface area contributed by atoms with Crippen LogP contribution in [-0.4, -0.2) is 58.8 Å². The summed E-state index contributed by atoms with van der Waals surface area (Å²) in [6, 6.07) is 6.30. The van der Waals surface area contributed by atoms with Crippen molar-refractivity contribution in [3.63, 3.8) is 0 Å². The lowest BCUT2D eigenvalue weighted by molar-refractivity contribution is -0.118. The highest BCUT2D eigenvalue weighted by Crippen LogP contribution is 2.35. The van der Waals surface area contributed by atoms with Crippen LogP contribution in [0.15, 0.2) is 42.2 Å². The zero-order chi connectivity index (χ0) is 21.3. The molecule has 158 valence electrons. The number of rotatable bonds is 5. The number of nitrogens with one attached hydrogen (secondary N) is 1. The Morgan fingerprint density at radius 3 is 2.70 bits per heavy atom. The molecule has 2 aromatic rings. The van der Waals surface area contributed by atoms with Crippen LogP contribution in [0, 0.1) is 5.82 Å². The van der Waals surface area contributed by atoms with E-state index < -0.39 is 6.67 Å². The van der Waals surface area contributed by atoms with Crippen molar-refractivity contribution >= 4 is 11.5 Å². The molecule has 1 aromatic carbocycles. The van der Waals surface area contributed by atoms with Crippen LogP contribution >= 0.6 is 0 Å². The van der Waals surface area contributed by atoms with Crippen LogP contribution in [0.4, 0.5) is 8.78 Å². The number of hydrogen-bond donors (Lipinski definition) is 1. The number of hydrogen-bond acceptors (Lipinski definition) is 4. The molecule has 0 saturated heterocycles. The van der Waals surface area contributed by atoms with Gasteiger partial charge in [-0.3, -0.25) is 14.4 Å². The number of benzene rings is 1. The van der Waals surface area contributed by atoms with Gasteiger partial charge in [0.25, 0.3) is 0 Å². The number of aromatic nitrogens is 2. The number of fused-ring (bicyclic) bond motifs is 1. The molecule has 30 heavy (non-hydrogen) atoms. The summed E-state index contributed by atoms with van der Waals surface area (Å²) < 4.78 is 28.4. The van der Waals surface area contributed by atoms with Crippen LogP contribution in [0.5, 0.6) is 0 Å². The summed E-state index contributed by atoms with van der Waals surface area (Å²) in [6.07, 6.45) is 4.02. The average Bonchev–Trinajstić information content (AvgIpc) is 3.09. The predicted molar refractivity (Wildman–Crippen MR) is 111 cm³/mol. The molecule has 2 aliphatic rings. The Balaban J connectivity index is 1.82. The fourth-order valence-corrected chi connectivity index (χ4v) is 3.93. The van der Waals surface area contributed by atoms with Crippen LogP contribution in [-0.2, 0) is 17.9 Å². The standard InChI is InChI=1S/C22H25F2N5O/c1-15(30)25-20-13-17(7-9-27(20)2)21-19-14-28(10-8-23)11-12-29(19)26-22(21)16-3-5-18(24)6-4-16/h3-7,13H,8-12,14H2,1-2H3,(H,25,30). The van der Waals surface area contributed by atoms with Gasteiger partial charge in [-0.15, -0.1) is 0 Å². The molecule has 0 radical (unpaired) electrons. The molecule has 6 nitrogen and oxygen atoms in total. The number of carbonyl (C=O) groups is 1. The van der Waals surface area contributed by atoms with Gasteiger partial charge in [0.2, 0.25) is 5.91 Å². The van der Waals surface area contributed by atoms with Crippen molar-refractivity contribution < 1.29 is 13.6 Å². The van der Waals surface area contributed by atoms with Gasteiger partial charge in [0.15, 0.2) is 0 Å². The molecular formula is C22H25F2N5O. The van der Waals surface area contributed by atoms with E-state index in [-0.39, 0.29) is 11.7 Å². The summed E-state index contributed by atoms with van der Waals surface area (Å²) in [5, 5.41) is 7.70. The lowest BCUT2D eigenvalue weighted by Gasteiger charge is -2.29. The van der Waals surface area contributed by atoms with E-state index in [9.17, 15) is 13.6 Å². The molecule has 0 unspecified atom stereocenters. The SMILES string of the molecule is CC(=O)NC1=CC(c2c(-c3ccc(F)cc3)nn3c2CN(CCF)CC3)=CCN1C. The monoisotopic (exact) mass is 413 g/mol. The lowest BCUT2D eigenvalue weighted by Crippen LogP contribution is -2.36. The first-order valence-corrected chi connectivity index (χ1v) is 10.0. The highest BCUT2D eigenvalue weighted by Gasteiger charge is 2.27.